The number of carboxylic acids is 1. The van der Waals surface area contributed by atoms with Gasteiger partial charge in [0, 0.05) is 23.2 Å². The van der Waals surface area contributed by atoms with Crippen molar-refractivity contribution in [2.45, 2.75) is 37.9 Å². The lowest BCUT2D eigenvalue weighted by atomic mass is 9.85. The van der Waals surface area contributed by atoms with Crippen LogP contribution in [-0.4, -0.2) is 39.4 Å². The van der Waals surface area contributed by atoms with Gasteiger partial charge in [-0.25, -0.2) is 9.78 Å². The fraction of sp³-hybridized carbons (Fsp3) is 0.276. The highest BCUT2D eigenvalue weighted by atomic mass is 35.5. The number of aromatic nitrogens is 2. The fourth-order valence-electron chi connectivity index (χ4n) is 5.09. The minimum Gasteiger partial charge on any atom is -0.489 e. The molecule has 4 aromatic rings. The van der Waals surface area contributed by atoms with Crippen LogP contribution in [0.25, 0.3) is 11.3 Å². The van der Waals surface area contributed by atoms with Crippen LogP contribution in [0.4, 0.5) is 5.82 Å². The van der Waals surface area contributed by atoms with Crippen molar-refractivity contribution in [1.82, 2.24) is 10.1 Å². The molecule has 0 amide bonds. The normalized spacial score (nSPS) is 16.1. The summed E-state index contributed by atoms with van der Waals surface area (Å²) in [4.78, 5) is 17.4. The van der Waals surface area contributed by atoms with Gasteiger partial charge in [0.25, 0.3) is 0 Å². The average molecular weight is 601 g/mol. The molecule has 2 aliphatic rings. The van der Waals surface area contributed by atoms with Crippen molar-refractivity contribution in [1.29, 1.82) is 0 Å². The van der Waals surface area contributed by atoms with E-state index in [0.29, 0.717) is 54.9 Å². The van der Waals surface area contributed by atoms with Crippen LogP contribution < -0.4 is 9.64 Å². The van der Waals surface area contributed by atoms with Gasteiger partial charge in [0.15, 0.2) is 0 Å². The highest BCUT2D eigenvalue weighted by Crippen LogP contribution is 2.46. The number of hydrogen-bond donors (Lipinski definition) is 2. The molecule has 3 heterocycles. The van der Waals surface area contributed by atoms with Crippen LogP contribution in [0.1, 0.15) is 51.6 Å². The predicted octanol–water partition coefficient (Wildman–Crippen LogP) is 6.87. The zero-order valence-corrected chi connectivity index (χ0v) is 23.6. The van der Waals surface area contributed by atoms with Crippen LogP contribution in [0.15, 0.2) is 53.2 Å². The molecule has 2 aromatic carbocycles. The molecule has 0 spiro atoms. The smallest absolute Gasteiger partial charge is 0.337 e. The van der Waals surface area contributed by atoms with E-state index in [4.69, 9.17) is 44.1 Å². The summed E-state index contributed by atoms with van der Waals surface area (Å²) in [6.07, 6.45) is 3.36. The summed E-state index contributed by atoms with van der Waals surface area (Å²) in [5, 5.41) is 26.1. The lowest BCUT2D eigenvalue weighted by Gasteiger charge is -2.48. The first kappa shape index (κ1) is 26.9. The molecule has 6 rings (SSSR count). The molecule has 2 fully saturated rings. The molecule has 0 radical (unpaired) electrons. The number of pyridine rings is 1. The largest absolute Gasteiger partial charge is 0.489 e. The van der Waals surface area contributed by atoms with Crippen LogP contribution >= 0.6 is 34.8 Å². The summed E-state index contributed by atoms with van der Waals surface area (Å²) in [5.74, 6) is 1.18. The monoisotopic (exact) mass is 599 g/mol. The van der Waals surface area contributed by atoms with Crippen LogP contribution in [0.5, 0.6) is 5.75 Å². The second kappa shape index (κ2) is 10.3. The predicted molar refractivity (Wildman–Crippen MR) is 152 cm³/mol. The zero-order valence-electron chi connectivity index (χ0n) is 21.3. The Bertz CT molecular complexity index is 1610. The SMILES string of the molecule is Cc1cc(C(=O)O)cnc1N1CC(O)(c2ccc(OCc3c(-c4c(Cl)cccc4Cl)noc3C3CC3)cc2Cl)C1. The fourth-order valence-corrected chi connectivity index (χ4v) is 6.01. The molecule has 0 unspecified atom stereocenters. The van der Waals surface area contributed by atoms with Gasteiger partial charge < -0.3 is 24.4 Å². The number of carbonyl (C=O) groups is 1. The third-order valence-electron chi connectivity index (χ3n) is 7.29. The van der Waals surface area contributed by atoms with Crippen LogP contribution in [0.2, 0.25) is 15.1 Å². The number of aromatic carboxylic acids is 1. The molecule has 0 atom stereocenters. The first-order valence-corrected chi connectivity index (χ1v) is 13.8. The van der Waals surface area contributed by atoms with E-state index in [1.165, 1.54) is 6.20 Å². The Morgan fingerprint density at radius 3 is 2.48 bits per heavy atom. The van der Waals surface area contributed by atoms with Gasteiger partial charge in [-0.3, -0.25) is 0 Å². The van der Waals surface area contributed by atoms with Crippen LogP contribution in [0, 0.1) is 6.92 Å². The highest BCUT2D eigenvalue weighted by molar-refractivity contribution is 6.39. The van der Waals surface area contributed by atoms with Crippen molar-refractivity contribution in [3.8, 4) is 17.0 Å². The van der Waals surface area contributed by atoms with E-state index in [1.54, 1.807) is 49.4 Å². The quantitative estimate of drug-likeness (QED) is 0.226. The average Bonchev–Trinajstić information content (AvgIpc) is 3.66. The van der Waals surface area contributed by atoms with Crippen molar-refractivity contribution in [2.24, 2.45) is 0 Å². The Balaban J connectivity index is 1.19. The Morgan fingerprint density at radius 2 is 1.85 bits per heavy atom. The van der Waals surface area contributed by atoms with Crippen molar-refractivity contribution in [2.75, 3.05) is 18.0 Å². The molecule has 8 nitrogen and oxygen atoms in total. The van der Waals surface area contributed by atoms with E-state index in [1.807, 2.05) is 4.90 Å². The maximum absolute atomic E-state index is 11.3. The van der Waals surface area contributed by atoms with E-state index in [2.05, 4.69) is 10.1 Å². The third kappa shape index (κ3) is 4.90. The molecule has 1 saturated carbocycles. The van der Waals surface area contributed by atoms with E-state index < -0.39 is 11.6 Å². The lowest BCUT2D eigenvalue weighted by molar-refractivity contribution is 0.00703. The molecular weight excluding hydrogens is 577 g/mol. The number of aliphatic hydroxyl groups is 1. The summed E-state index contributed by atoms with van der Waals surface area (Å²) in [6, 6.07) is 12.0. The van der Waals surface area contributed by atoms with Crippen molar-refractivity contribution in [3.05, 3.63) is 91.7 Å². The van der Waals surface area contributed by atoms with Gasteiger partial charge in [-0.2, -0.15) is 0 Å². The Morgan fingerprint density at radius 1 is 1.12 bits per heavy atom. The summed E-state index contributed by atoms with van der Waals surface area (Å²) in [5.41, 5.74) is 2.18. The number of ether oxygens (including phenoxy) is 1. The molecule has 1 saturated heterocycles. The van der Waals surface area contributed by atoms with Gasteiger partial charge in [-0.15, -0.1) is 0 Å². The molecule has 0 bridgehead atoms. The third-order valence-corrected chi connectivity index (χ3v) is 8.24. The Hall–Kier alpha value is -3.30. The van der Waals surface area contributed by atoms with Crippen molar-refractivity contribution in [3.63, 3.8) is 0 Å². The number of carboxylic acid groups (broad SMARTS) is 1. The molecular formula is C29H24Cl3N3O5. The summed E-state index contributed by atoms with van der Waals surface area (Å²) in [7, 11) is 0. The zero-order chi connectivity index (χ0) is 28.2. The number of rotatable bonds is 8. The topological polar surface area (TPSA) is 109 Å². The Kier molecular flexibility index (Phi) is 6.91. The summed E-state index contributed by atoms with van der Waals surface area (Å²) in [6.45, 7) is 2.50. The van der Waals surface area contributed by atoms with E-state index in [9.17, 15) is 15.0 Å². The summed E-state index contributed by atoms with van der Waals surface area (Å²) < 4.78 is 11.8. The Labute approximate surface area is 245 Å². The standard InChI is InChI=1S/C29H24Cl3N3O5/c1-15-9-17(28(36)37)11-33-27(15)35-13-29(38,14-35)20-8-7-18(10-23(20)32)39-12-19-25(34-40-26(19)16-5-6-16)24-21(30)3-2-4-22(24)31/h2-4,7-11,16,38H,5-6,12-14H2,1H3,(H,36,37). The molecule has 2 N–H and O–H groups in total. The molecule has 1 aliphatic heterocycles. The molecule has 1 aliphatic carbocycles. The van der Waals surface area contributed by atoms with E-state index in [0.717, 1.165) is 24.2 Å². The number of β-amino-alcohol motifs (C(OH)–C–C–N with tert-alkyl or cyclic N) is 1. The van der Waals surface area contributed by atoms with Crippen LogP contribution in [0.3, 0.4) is 0 Å². The molecule has 206 valence electrons. The maximum atomic E-state index is 11.3. The van der Waals surface area contributed by atoms with E-state index in [-0.39, 0.29) is 25.3 Å². The molecule has 40 heavy (non-hydrogen) atoms. The van der Waals surface area contributed by atoms with E-state index >= 15 is 0 Å². The number of halogens is 3. The first-order chi connectivity index (χ1) is 19.1. The van der Waals surface area contributed by atoms with Gasteiger partial charge in [-0.1, -0.05) is 52.1 Å². The van der Waals surface area contributed by atoms with Gasteiger partial charge >= 0.3 is 5.97 Å². The van der Waals surface area contributed by atoms with Gasteiger partial charge in [0.2, 0.25) is 0 Å². The van der Waals surface area contributed by atoms with Crippen molar-refractivity contribution < 1.29 is 24.3 Å². The summed E-state index contributed by atoms with van der Waals surface area (Å²) >= 11 is 19.5. The van der Waals surface area contributed by atoms with Gasteiger partial charge in [-0.05, 0) is 55.7 Å². The minimum atomic E-state index is -1.18. The minimum absolute atomic E-state index is 0.119. The molecule has 2 aromatic heterocycles. The van der Waals surface area contributed by atoms with Gasteiger partial charge in [0.1, 0.15) is 35.2 Å². The number of hydrogen-bond acceptors (Lipinski definition) is 7. The van der Waals surface area contributed by atoms with Gasteiger partial charge in [0.05, 0.1) is 39.3 Å². The number of benzene rings is 2. The van der Waals surface area contributed by atoms with Crippen molar-refractivity contribution >= 4 is 46.6 Å². The van der Waals surface area contributed by atoms with Crippen LogP contribution in [-0.2, 0) is 12.2 Å². The second-order valence-corrected chi connectivity index (χ2v) is 11.5. The first-order valence-electron chi connectivity index (χ1n) is 12.7. The number of nitrogens with zero attached hydrogens (tertiary/aromatic N) is 3. The second-order valence-electron chi connectivity index (χ2n) is 10.2. The lowest BCUT2D eigenvalue weighted by Crippen LogP contribution is -2.60. The molecule has 11 heteroatoms. The number of aryl methyl sites for hydroxylation is 1. The number of anilines is 1. The maximum Gasteiger partial charge on any atom is 0.337 e. The highest BCUT2D eigenvalue weighted by Gasteiger charge is 2.45.